The maximum Gasteiger partial charge on any atom is 0.242 e. The van der Waals surface area contributed by atoms with E-state index in [1.165, 1.54) is 0 Å². The summed E-state index contributed by atoms with van der Waals surface area (Å²) < 4.78 is 10.9. The zero-order chi connectivity index (χ0) is 15.3. The number of carbonyl (C=O) groups excluding carboxylic acids is 1. The number of hydrogen-bond donors (Lipinski definition) is 1. The predicted molar refractivity (Wildman–Crippen MR) is 81.1 cm³/mol. The summed E-state index contributed by atoms with van der Waals surface area (Å²) in [5, 5.41) is 0. The lowest BCUT2D eigenvalue weighted by Crippen LogP contribution is -2.61. The molecule has 2 N–H and O–H groups in total. The van der Waals surface area contributed by atoms with Crippen molar-refractivity contribution in [2.24, 2.45) is 5.73 Å². The van der Waals surface area contributed by atoms with Gasteiger partial charge in [-0.15, -0.1) is 0 Å². The van der Waals surface area contributed by atoms with Gasteiger partial charge < -0.3 is 20.1 Å². The van der Waals surface area contributed by atoms with Gasteiger partial charge in [-0.05, 0) is 26.7 Å². The molecule has 0 aliphatic carbocycles. The first-order valence-electron chi connectivity index (χ1n) is 8.01. The van der Waals surface area contributed by atoms with E-state index < -0.39 is 5.54 Å². The van der Waals surface area contributed by atoms with Crippen LogP contribution in [0.25, 0.3) is 0 Å². The van der Waals surface area contributed by atoms with Crippen LogP contribution >= 0.6 is 0 Å². The van der Waals surface area contributed by atoms with Crippen LogP contribution in [0.5, 0.6) is 0 Å². The average molecular weight is 299 g/mol. The molecule has 122 valence electrons. The zero-order valence-corrected chi connectivity index (χ0v) is 13.3. The van der Waals surface area contributed by atoms with Crippen LogP contribution in [0.2, 0.25) is 0 Å². The zero-order valence-electron chi connectivity index (χ0n) is 13.3. The van der Waals surface area contributed by atoms with Crippen molar-refractivity contribution in [2.45, 2.75) is 38.3 Å². The number of hydrogen-bond acceptors (Lipinski definition) is 5. The second-order valence-electron chi connectivity index (χ2n) is 6.32. The molecule has 6 nitrogen and oxygen atoms in total. The molecule has 0 aromatic carbocycles. The molecule has 2 fully saturated rings. The smallest absolute Gasteiger partial charge is 0.242 e. The van der Waals surface area contributed by atoms with Crippen LogP contribution in [0, 0.1) is 0 Å². The molecule has 0 aromatic rings. The third-order valence-corrected chi connectivity index (χ3v) is 4.33. The monoisotopic (exact) mass is 299 g/mol. The normalized spacial score (nSPS) is 23.5. The van der Waals surface area contributed by atoms with Crippen LogP contribution in [0.1, 0.15) is 26.7 Å². The number of nitrogens with two attached hydrogens (primary N) is 1. The van der Waals surface area contributed by atoms with Crippen LogP contribution in [-0.2, 0) is 14.3 Å². The standard InChI is InChI=1S/C15H29N3O3/c1-13(2)21-12-9-17-5-7-18(8-6-17)14(19)15(16)3-10-20-11-4-15/h13H,3-12,16H2,1-2H3. The maximum absolute atomic E-state index is 12.6. The average Bonchev–Trinajstić information content (AvgIpc) is 2.48. The summed E-state index contributed by atoms with van der Waals surface area (Å²) in [5.74, 6) is 0.101. The van der Waals surface area contributed by atoms with Crippen LogP contribution < -0.4 is 5.73 Å². The summed E-state index contributed by atoms with van der Waals surface area (Å²) >= 11 is 0. The van der Waals surface area contributed by atoms with Crippen LogP contribution in [0.3, 0.4) is 0 Å². The number of ether oxygens (including phenoxy) is 2. The van der Waals surface area contributed by atoms with Crippen molar-refractivity contribution in [1.82, 2.24) is 9.80 Å². The fraction of sp³-hybridized carbons (Fsp3) is 0.933. The molecule has 0 bridgehead atoms. The highest BCUT2D eigenvalue weighted by molar-refractivity contribution is 5.86. The van der Waals surface area contributed by atoms with Gasteiger partial charge in [-0.25, -0.2) is 0 Å². The summed E-state index contributed by atoms with van der Waals surface area (Å²) in [7, 11) is 0. The van der Waals surface area contributed by atoms with Gasteiger partial charge in [0.25, 0.3) is 0 Å². The van der Waals surface area contributed by atoms with Gasteiger partial charge in [0, 0.05) is 45.9 Å². The molecular weight excluding hydrogens is 270 g/mol. The SMILES string of the molecule is CC(C)OCCN1CCN(C(=O)C2(N)CCOCC2)CC1. The number of amides is 1. The largest absolute Gasteiger partial charge is 0.381 e. The van der Waals surface area contributed by atoms with E-state index in [9.17, 15) is 4.79 Å². The van der Waals surface area contributed by atoms with Gasteiger partial charge >= 0.3 is 0 Å². The van der Waals surface area contributed by atoms with Crippen LogP contribution in [0.15, 0.2) is 0 Å². The van der Waals surface area contributed by atoms with E-state index in [4.69, 9.17) is 15.2 Å². The Kier molecular flexibility index (Phi) is 5.98. The van der Waals surface area contributed by atoms with Gasteiger partial charge in [-0.2, -0.15) is 0 Å². The minimum atomic E-state index is -0.707. The number of piperazine rings is 1. The lowest BCUT2D eigenvalue weighted by molar-refractivity contribution is -0.142. The molecule has 2 aliphatic heterocycles. The first-order valence-corrected chi connectivity index (χ1v) is 8.01. The quantitative estimate of drug-likeness (QED) is 0.778. The van der Waals surface area contributed by atoms with Crippen molar-refractivity contribution < 1.29 is 14.3 Å². The summed E-state index contributed by atoms with van der Waals surface area (Å²) in [6.45, 7) is 10.3. The van der Waals surface area contributed by atoms with E-state index >= 15 is 0 Å². The number of nitrogens with zero attached hydrogens (tertiary/aromatic N) is 2. The predicted octanol–water partition coefficient (Wildman–Crippen LogP) is 0.0635. The molecule has 0 unspecified atom stereocenters. The van der Waals surface area contributed by atoms with Crippen molar-refractivity contribution in [1.29, 1.82) is 0 Å². The van der Waals surface area contributed by atoms with E-state index in [-0.39, 0.29) is 12.0 Å². The first-order chi connectivity index (χ1) is 10.0. The number of rotatable bonds is 5. The molecule has 2 rings (SSSR count). The lowest BCUT2D eigenvalue weighted by Gasteiger charge is -2.40. The van der Waals surface area contributed by atoms with Gasteiger partial charge in [0.05, 0.1) is 18.2 Å². The van der Waals surface area contributed by atoms with E-state index in [2.05, 4.69) is 4.90 Å². The molecule has 2 heterocycles. The van der Waals surface area contributed by atoms with Crippen molar-refractivity contribution in [3.05, 3.63) is 0 Å². The minimum Gasteiger partial charge on any atom is -0.381 e. The fourth-order valence-electron chi connectivity index (χ4n) is 2.86. The Morgan fingerprint density at radius 3 is 2.43 bits per heavy atom. The Morgan fingerprint density at radius 1 is 1.24 bits per heavy atom. The molecule has 0 radical (unpaired) electrons. The summed E-state index contributed by atoms with van der Waals surface area (Å²) in [4.78, 5) is 16.9. The third-order valence-electron chi connectivity index (χ3n) is 4.33. The maximum atomic E-state index is 12.6. The Hall–Kier alpha value is -0.690. The van der Waals surface area contributed by atoms with Crippen molar-refractivity contribution in [3.8, 4) is 0 Å². The van der Waals surface area contributed by atoms with E-state index in [0.29, 0.717) is 26.1 Å². The molecule has 0 spiro atoms. The highest BCUT2D eigenvalue weighted by Crippen LogP contribution is 2.21. The van der Waals surface area contributed by atoms with E-state index in [1.54, 1.807) is 0 Å². The molecule has 0 saturated carbocycles. The van der Waals surface area contributed by atoms with Crippen molar-refractivity contribution >= 4 is 5.91 Å². The highest BCUT2D eigenvalue weighted by Gasteiger charge is 2.39. The second-order valence-corrected chi connectivity index (χ2v) is 6.32. The Balaban J connectivity index is 1.74. The van der Waals surface area contributed by atoms with Gasteiger partial charge in [0.2, 0.25) is 5.91 Å². The summed E-state index contributed by atoms with van der Waals surface area (Å²) in [5.41, 5.74) is 5.57. The summed E-state index contributed by atoms with van der Waals surface area (Å²) in [6.07, 6.45) is 1.54. The molecule has 2 aliphatic rings. The van der Waals surface area contributed by atoms with Crippen molar-refractivity contribution in [2.75, 3.05) is 52.5 Å². The second kappa shape index (κ2) is 7.54. The van der Waals surface area contributed by atoms with Gasteiger partial charge in [0.1, 0.15) is 0 Å². The summed E-state index contributed by atoms with van der Waals surface area (Å²) in [6, 6.07) is 0. The molecule has 6 heteroatoms. The van der Waals surface area contributed by atoms with E-state index in [1.807, 2.05) is 18.7 Å². The van der Waals surface area contributed by atoms with Crippen LogP contribution in [-0.4, -0.2) is 79.9 Å². The van der Waals surface area contributed by atoms with Crippen LogP contribution in [0.4, 0.5) is 0 Å². The number of carbonyl (C=O) groups is 1. The third kappa shape index (κ3) is 4.64. The Morgan fingerprint density at radius 2 is 1.86 bits per heavy atom. The molecular formula is C15H29N3O3. The lowest BCUT2D eigenvalue weighted by atomic mass is 9.89. The van der Waals surface area contributed by atoms with Gasteiger partial charge in [-0.3, -0.25) is 9.69 Å². The molecule has 1 amide bonds. The molecule has 21 heavy (non-hydrogen) atoms. The molecule has 2 saturated heterocycles. The highest BCUT2D eigenvalue weighted by atomic mass is 16.5. The topological polar surface area (TPSA) is 68.0 Å². The van der Waals surface area contributed by atoms with Gasteiger partial charge in [-0.1, -0.05) is 0 Å². The van der Waals surface area contributed by atoms with Crippen molar-refractivity contribution in [3.63, 3.8) is 0 Å². The molecule has 0 atom stereocenters. The molecule has 0 aromatic heterocycles. The van der Waals surface area contributed by atoms with Gasteiger partial charge in [0.15, 0.2) is 0 Å². The first kappa shape index (κ1) is 16.7. The Bertz CT molecular complexity index is 335. The fourth-order valence-corrected chi connectivity index (χ4v) is 2.86. The Labute approximate surface area is 127 Å². The van der Waals surface area contributed by atoms with E-state index in [0.717, 1.165) is 39.3 Å². The minimum absolute atomic E-state index is 0.101.